The Balaban J connectivity index is 2.07. The van der Waals surface area contributed by atoms with Crippen LogP contribution in [-0.2, 0) is 0 Å². The first-order chi connectivity index (χ1) is 5.25. The Kier molecular flexibility index (Phi) is 1.42. The van der Waals surface area contributed by atoms with Crippen LogP contribution in [0.4, 0.5) is 0 Å². The fourth-order valence-corrected chi connectivity index (χ4v) is 1.34. The van der Waals surface area contributed by atoms with Crippen molar-refractivity contribution in [3.05, 3.63) is 11.8 Å². The van der Waals surface area contributed by atoms with Crippen molar-refractivity contribution in [2.45, 2.75) is 31.7 Å². The molecule has 1 aromatic heterocycles. The van der Waals surface area contributed by atoms with Gasteiger partial charge in [0.25, 0.3) is 0 Å². The maximum Gasteiger partial charge on any atom is 0.219 e. The van der Waals surface area contributed by atoms with E-state index in [2.05, 4.69) is 10.2 Å². The van der Waals surface area contributed by atoms with Crippen LogP contribution in [0.1, 0.15) is 30.5 Å². The van der Waals surface area contributed by atoms with Crippen LogP contribution in [0.3, 0.4) is 0 Å². The molecule has 1 fully saturated rings. The Morgan fingerprint density at radius 2 is 2.18 bits per heavy atom. The average molecular weight is 153 g/mol. The van der Waals surface area contributed by atoms with E-state index in [4.69, 9.17) is 10.2 Å². The Bertz CT molecular complexity index is 252. The summed E-state index contributed by atoms with van der Waals surface area (Å²) in [6.07, 6.45) is 1.98. The summed E-state index contributed by atoms with van der Waals surface area (Å²) in [5, 5.41) is 7.69. The normalized spacial score (nSPS) is 30.0. The molecule has 4 nitrogen and oxygen atoms in total. The van der Waals surface area contributed by atoms with Crippen molar-refractivity contribution >= 4 is 0 Å². The SMILES string of the molecule is Cc1nnc(C2CC(N)C2)o1. The third-order valence-electron chi connectivity index (χ3n) is 2.07. The molecule has 1 saturated carbocycles. The van der Waals surface area contributed by atoms with E-state index in [-0.39, 0.29) is 0 Å². The Hall–Kier alpha value is -0.900. The molecule has 0 unspecified atom stereocenters. The number of hydrogen-bond acceptors (Lipinski definition) is 4. The first-order valence-corrected chi connectivity index (χ1v) is 3.81. The van der Waals surface area contributed by atoms with E-state index in [9.17, 15) is 0 Å². The van der Waals surface area contributed by atoms with Gasteiger partial charge in [0.05, 0.1) is 0 Å². The molecule has 0 aromatic carbocycles. The minimum atomic E-state index is 0.340. The molecule has 1 heterocycles. The van der Waals surface area contributed by atoms with Crippen LogP contribution in [0, 0.1) is 6.92 Å². The van der Waals surface area contributed by atoms with E-state index in [1.54, 1.807) is 6.92 Å². The molecule has 11 heavy (non-hydrogen) atoms. The molecular weight excluding hydrogens is 142 g/mol. The van der Waals surface area contributed by atoms with Crippen molar-refractivity contribution in [2.24, 2.45) is 5.73 Å². The summed E-state index contributed by atoms with van der Waals surface area (Å²) in [7, 11) is 0. The summed E-state index contributed by atoms with van der Waals surface area (Å²) >= 11 is 0. The molecule has 2 rings (SSSR count). The lowest BCUT2D eigenvalue weighted by Gasteiger charge is -2.29. The summed E-state index contributed by atoms with van der Waals surface area (Å²) in [4.78, 5) is 0. The largest absolute Gasteiger partial charge is 0.425 e. The van der Waals surface area contributed by atoms with E-state index >= 15 is 0 Å². The van der Waals surface area contributed by atoms with Gasteiger partial charge < -0.3 is 10.2 Å². The molecule has 60 valence electrons. The van der Waals surface area contributed by atoms with Crippen LogP contribution in [0.25, 0.3) is 0 Å². The van der Waals surface area contributed by atoms with Gasteiger partial charge in [-0.3, -0.25) is 0 Å². The summed E-state index contributed by atoms with van der Waals surface area (Å²) in [6.45, 7) is 1.80. The molecular formula is C7H11N3O. The predicted molar refractivity (Wildman–Crippen MR) is 39.0 cm³/mol. The van der Waals surface area contributed by atoms with Crippen molar-refractivity contribution in [1.29, 1.82) is 0 Å². The summed E-state index contributed by atoms with van der Waals surface area (Å²) in [5.41, 5.74) is 5.62. The summed E-state index contributed by atoms with van der Waals surface area (Å²) in [6, 6.07) is 0.340. The number of nitrogens with zero attached hydrogens (tertiary/aromatic N) is 2. The van der Waals surface area contributed by atoms with Gasteiger partial charge in [-0.05, 0) is 12.8 Å². The molecule has 0 spiro atoms. The van der Waals surface area contributed by atoms with Gasteiger partial charge in [-0.25, -0.2) is 0 Å². The molecule has 1 aliphatic rings. The molecule has 1 aliphatic carbocycles. The van der Waals surface area contributed by atoms with E-state index in [1.807, 2.05) is 0 Å². The lowest BCUT2D eigenvalue weighted by molar-refractivity contribution is 0.289. The zero-order chi connectivity index (χ0) is 7.84. The monoisotopic (exact) mass is 153 g/mol. The van der Waals surface area contributed by atoms with Crippen molar-refractivity contribution in [3.63, 3.8) is 0 Å². The number of nitrogens with two attached hydrogens (primary N) is 1. The second kappa shape index (κ2) is 2.30. The van der Waals surface area contributed by atoms with Gasteiger partial charge in [0.15, 0.2) is 0 Å². The zero-order valence-electron chi connectivity index (χ0n) is 6.45. The van der Waals surface area contributed by atoms with Gasteiger partial charge in [-0.15, -0.1) is 10.2 Å². The highest BCUT2D eigenvalue weighted by atomic mass is 16.4. The second-order valence-corrected chi connectivity index (χ2v) is 3.09. The number of aromatic nitrogens is 2. The van der Waals surface area contributed by atoms with Crippen molar-refractivity contribution in [1.82, 2.24) is 10.2 Å². The lowest BCUT2D eigenvalue weighted by atomic mass is 9.81. The zero-order valence-corrected chi connectivity index (χ0v) is 6.45. The molecule has 2 N–H and O–H groups in total. The van der Waals surface area contributed by atoms with E-state index in [0.29, 0.717) is 17.9 Å². The number of aryl methyl sites for hydroxylation is 1. The van der Waals surface area contributed by atoms with E-state index in [0.717, 1.165) is 18.7 Å². The molecule has 0 aliphatic heterocycles. The molecule has 0 radical (unpaired) electrons. The van der Waals surface area contributed by atoms with E-state index in [1.165, 1.54) is 0 Å². The quantitative estimate of drug-likeness (QED) is 0.641. The minimum absolute atomic E-state index is 0.340. The van der Waals surface area contributed by atoms with Gasteiger partial charge in [0, 0.05) is 18.9 Å². The van der Waals surface area contributed by atoms with Crippen molar-refractivity contribution < 1.29 is 4.42 Å². The van der Waals surface area contributed by atoms with Gasteiger partial charge in [-0.2, -0.15) is 0 Å². The smallest absolute Gasteiger partial charge is 0.219 e. The maximum atomic E-state index is 5.62. The molecule has 0 atom stereocenters. The highest BCUT2D eigenvalue weighted by Crippen LogP contribution is 2.34. The number of rotatable bonds is 1. The predicted octanol–water partition coefficient (Wildman–Crippen LogP) is 0.583. The third kappa shape index (κ3) is 1.14. The molecule has 0 amide bonds. The van der Waals surface area contributed by atoms with Crippen LogP contribution in [0.5, 0.6) is 0 Å². The first-order valence-electron chi connectivity index (χ1n) is 3.81. The van der Waals surface area contributed by atoms with Crippen LogP contribution < -0.4 is 5.73 Å². The first kappa shape index (κ1) is 6.79. The molecule has 1 aromatic rings. The van der Waals surface area contributed by atoms with Crippen molar-refractivity contribution in [3.8, 4) is 0 Å². The van der Waals surface area contributed by atoms with Crippen LogP contribution in [-0.4, -0.2) is 16.2 Å². The standard InChI is InChI=1S/C7H11N3O/c1-4-9-10-7(11-4)5-2-6(8)3-5/h5-6H,2-3,8H2,1H3. The van der Waals surface area contributed by atoms with Crippen LogP contribution in [0.2, 0.25) is 0 Å². The van der Waals surface area contributed by atoms with Crippen LogP contribution >= 0.6 is 0 Å². The molecule has 0 bridgehead atoms. The highest BCUT2D eigenvalue weighted by molar-refractivity contribution is 5.00. The van der Waals surface area contributed by atoms with Gasteiger partial charge in [-0.1, -0.05) is 0 Å². The average Bonchev–Trinajstić information content (AvgIpc) is 2.29. The maximum absolute atomic E-state index is 5.62. The third-order valence-corrected chi connectivity index (χ3v) is 2.07. The summed E-state index contributed by atoms with van der Waals surface area (Å²) in [5.74, 6) is 1.82. The van der Waals surface area contributed by atoms with E-state index < -0.39 is 0 Å². The lowest BCUT2D eigenvalue weighted by Crippen LogP contribution is -2.34. The number of hydrogen-bond donors (Lipinski definition) is 1. The van der Waals surface area contributed by atoms with Crippen molar-refractivity contribution in [2.75, 3.05) is 0 Å². The fourth-order valence-electron chi connectivity index (χ4n) is 1.34. The Labute approximate surface area is 64.8 Å². The van der Waals surface area contributed by atoms with Gasteiger partial charge in [0.2, 0.25) is 11.8 Å². The fraction of sp³-hybridized carbons (Fsp3) is 0.714. The molecule has 0 saturated heterocycles. The van der Waals surface area contributed by atoms with Gasteiger partial charge in [0.1, 0.15) is 0 Å². The highest BCUT2D eigenvalue weighted by Gasteiger charge is 2.31. The second-order valence-electron chi connectivity index (χ2n) is 3.09. The van der Waals surface area contributed by atoms with Crippen LogP contribution in [0.15, 0.2) is 4.42 Å². The summed E-state index contributed by atoms with van der Waals surface area (Å²) < 4.78 is 5.26. The topological polar surface area (TPSA) is 64.9 Å². The Morgan fingerprint density at radius 3 is 2.64 bits per heavy atom. The molecule has 4 heteroatoms. The van der Waals surface area contributed by atoms with Gasteiger partial charge >= 0.3 is 0 Å². The Morgan fingerprint density at radius 1 is 1.45 bits per heavy atom. The minimum Gasteiger partial charge on any atom is -0.425 e.